The Morgan fingerprint density at radius 2 is 1.97 bits per heavy atom. The predicted molar refractivity (Wildman–Crippen MR) is 123 cm³/mol. The van der Waals surface area contributed by atoms with Gasteiger partial charge in [0, 0.05) is 38.3 Å². The number of alkyl halides is 3. The molecule has 2 N–H and O–H groups in total. The number of nitrogens with zero attached hydrogens (tertiary/aromatic N) is 2. The fourth-order valence-electron chi connectivity index (χ4n) is 3.21. The van der Waals surface area contributed by atoms with E-state index >= 15 is 0 Å². The van der Waals surface area contributed by atoms with Crippen LogP contribution >= 0.6 is 24.0 Å². The van der Waals surface area contributed by atoms with Crippen LogP contribution in [0.15, 0.2) is 29.3 Å². The molecule has 4 nitrogen and oxygen atoms in total. The highest BCUT2D eigenvalue weighted by molar-refractivity contribution is 14.0. The Hall–Kier alpha value is -1.47. The second-order valence-electron chi connectivity index (χ2n) is 7.42. The minimum Gasteiger partial charge on any atom is -0.354 e. The molecule has 1 aromatic rings. The molecule has 0 aromatic heterocycles. The zero-order valence-corrected chi connectivity index (χ0v) is 19.5. The van der Waals surface area contributed by atoms with Crippen molar-refractivity contribution in [2.75, 3.05) is 33.2 Å². The summed E-state index contributed by atoms with van der Waals surface area (Å²) in [5.41, 5.74) is -0.342. The van der Waals surface area contributed by atoms with Crippen molar-refractivity contribution in [3.63, 3.8) is 0 Å². The van der Waals surface area contributed by atoms with Gasteiger partial charge in [-0.05, 0) is 37.0 Å². The van der Waals surface area contributed by atoms with Crippen molar-refractivity contribution in [2.45, 2.75) is 38.9 Å². The van der Waals surface area contributed by atoms with E-state index in [2.05, 4.69) is 46.2 Å². The zero-order chi connectivity index (χ0) is 20.6. The summed E-state index contributed by atoms with van der Waals surface area (Å²) < 4.78 is 38.2. The first kappa shape index (κ1) is 25.6. The molecule has 0 atom stereocenters. The van der Waals surface area contributed by atoms with Gasteiger partial charge < -0.3 is 15.5 Å². The van der Waals surface area contributed by atoms with E-state index < -0.39 is 11.7 Å². The van der Waals surface area contributed by atoms with E-state index in [4.69, 9.17) is 0 Å². The Labute approximate surface area is 188 Å². The number of likely N-dealkylation sites (tertiary alicyclic amines) is 1. The Morgan fingerprint density at radius 1 is 1.28 bits per heavy atom. The summed E-state index contributed by atoms with van der Waals surface area (Å²) >= 11 is 0. The summed E-state index contributed by atoms with van der Waals surface area (Å²) in [7, 11) is 1.70. The number of guanidine groups is 1. The molecule has 2 rings (SSSR count). The van der Waals surface area contributed by atoms with Gasteiger partial charge in [0.05, 0.1) is 12.1 Å². The summed E-state index contributed by atoms with van der Waals surface area (Å²) in [5.74, 6) is 6.96. The molecule has 0 radical (unpaired) electrons. The maximum absolute atomic E-state index is 12.7. The van der Waals surface area contributed by atoms with Gasteiger partial charge in [-0.15, -0.1) is 24.0 Å². The molecule has 1 fully saturated rings. The van der Waals surface area contributed by atoms with Gasteiger partial charge in [-0.1, -0.05) is 31.8 Å². The van der Waals surface area contributed by atoms with E-state index in [1.807, 2.05) is 0 Å². The zero-order valence-electron chi connectivity index (χ0n) is 17.1. The molecule has 0 spiro atoms. The van der Waals surface area contributed by atoms with Gasteiger partial charge in [0.25, 0.3) is 0 Å². The van der Waals surface area contributed by atoms with E-state index in [-0.39, 0.29) is 24.0 Å². The fraction of sp³-hybridized carbons (Fsp3) is 0.571. The highest BCUT2D eigenvalue weighted by atomic mass is 127. The molecule has 0 amide bonds. The minimum atomic E-state index is -4.35. The van der Waals surface area contributed by atoms with E-state index in [1.165, 1.54) is 6.07 Å². The van der Waals surface area contributed by atoms with E-state index in [0.29, 0.717) is 30.0 Å². The smallest absolute Gasteiger partial charge is 0.354 e. The van der Waals surface area contributed by atoms with Crippen LogP contribution in [0.4, 0.5) is 13.2 Å². The van der Waals surface area contributed by atoms with Crippen LogP contribution in [0.25, 0.3) is 0 Å². The second-order valence-corrected chi connectivity index (χ2v) is 7.42. The third-order valence-corrected chi connectivity index (χ3v) is 4.54. The molecular weight excluding hydrogens is 492 g/mol. The second kappa shape index (κ2) is 12.3. The third kappa shape index (κ3) is 9.26. The largest absolute Gasteiger partial charge is 0.416 e. The van der Waals surface area contributed by atoms with Gasteiger partial charge in [0.15, 0.2) is 5.96 Å². The molecule has 0 saturated carbocycles. The van der Waals surface area contributed by atoms with E-state index in [0.717, 1.165) is 44.6 Å². The van der Waals surface area contributed by atoms with Crippen LogP contribution in [0.3, 0.4) is 0 Å². The average molecular weight is 522 g/mol. The number of hydrogen-bond acceptors (Lipinski definition) is 2. The first-order valence-electron chi connectivity index (χ1n) is 9.63. The van der Waals surface area contributed by atoms with Crippen LogP contribution in [0.2, 0.25) is 0 Å². The molecule has 0 unspecified atom stereocenters. The number of aliphatic imine (C=N–C) groups is 1. The van der Waals surface area contributed by atoms with Gasteiger partial charge in [0.1, 0.15) is 0 Å². The van der Waals surface area contributed by atoms with Gasteiger partial charge in [-0.25, -0.2) is 0 Å². The average Bonchev–Trinajstić information content (AvgIpc) is 2.65. The number of benzene rings is 1. The van der Waals surface area contributed by atoms with E-state index in [9.17, 15) is 13.2 Å². The van der Waals surface area contributed by atoms with Crippen molar-refractivity contribution in [2.24, 2.45) is 10.9 Å². The molecule has 1 aromatic carbocycles. The molecule has 8 heteroatoms. The molecule has 0 aliphatic carbocycles. The molecule has 0 bridgehead atoms. The van der Waals surface area contributed by atoms with Crippen molar-refractivity contribution in [1.82, 2.24) is 15.5 Å². The highest BCUT2D eigenvalue weighted by Crippen LogP contribution is 2.29. The number of nitrogens with one attached hydrogen (secondary N) is 2. The molecule has 1 aliphatic rings. The summed E-state index contributed by atoms with van der Waals surface area (Å²) in [6.45, 7) is 8.05. The summed E-state index contributed by atoms with van der Waals surface area (Å²) in [6, 6.07) is 5.41. The summed E-state index contributed by atoms with van der Waals surface area (Å²) in [4.78, 5) is 6.69. The van der Waals surface area contributed by atoms with Gasteiger partial charge in [-0.3, -0.25) is 4.99 Å². The van der Waals surface area contributed by atoms with Crippen molar-refractivity contribution in [3.05, 3.63) is 35.4 Å². The van der Waals surface area contributed by atoms with Gasteiger partial charge in [-0.2, -0.15) is 13.2 Å². The predicted octanol–water partition coefficient (Wildman–Crippen LogP) is 3.96. The quantitative estimate of drug-likeness (QED) is 0.272. The number of piperidine rings is 1. The standard InChI is InChI=1S/C21H29F3N4.HI/c1-16(2)15-28-12-9-19(10-13-28)27-20(25-3)26-11-5-7-17-6-4-8-18(14-17)21(22,23)24;/h4,6,8,14,16,19H,9-13,15H2,1-3H3,(H2,25,26,27);1H. The van der Waals surface area contributed by atoms with Crippen molar-refractivity contribution in [1.29, 1.82) is 0 Å². The Balaban J connectivity index is 0.00000420. The van der Waals surface area contributed by atoms with Crippen LogP contribution in [-0.2, 0) is 6.18 Å². The van der Waals surface area contributed by atoms with Crippen LogP contribution < -0.4 is 10.6 Å². The highest BCUT2D eigenvalue weighted by Gasteiger charge is 2.30. The van der Waals surface area contributed by atoms with Crippen LogP contribution in [-0.4, -0.2) is 50.1 Å². The maximum atomic E-state index is 12.7. The lowest BCUT2D eigenvalue weighted by Crippen LogP contribution is -2.49. The van der Waals surface area contributed by atoms with Gasteiger partial charge in [0.2, 0.25) is 0 Å². The normalized spacial score (nSPS) is 16.0. The molecule has 1 aliphatic heterocycles. The summed E-state index contributed by atoms with van der Waals surface area (Å²) in [5, 5.41) is 6.51. The van der Waals surface area contributed by atoms with Gasteiger partial charge >= 0.3 is 6.18 Å². The van der Waals surface area contributed by atoms with E-state index in [1.54, 1.807) is 13.1 Å². The number of rotatable bonds is 4. The first-order valence-corrected chi connectivity index (χ1v) is 9.63. The molecule has 1 heterocycles. The van der Waals surface area contributed by atoms with Crippen LogP contribution in [0, 0.1) is 17.8 Å². The molecule has 29 heavy (non-hydrogen) atoms. The fourth-order valence-corrected chi connectivity index (χ4v) is 3.21. The molecular formula is C21H30F3IN4. The number of halogens is 4. The topological polar surface area (TPSA) is 39.7 Å². The summed E-state index contributed by atoms with van der Waals surface area (Å²) in [6.07, 6.45) is -2.24. The minimum absolute atomic E-state index is 0. The number of hydrogen-bond donors (Lipinski definition) is 2. The Kier molecular flexibility index (Phi) is 10.8. The molecule has 162 valence electrons. The van der Waals surface area contributed by atoms with Crippen molar-refractivity contribution >= 4 is 29.9 Å². The van der Waals surface area contributed by atoms with Crippen molar-refractivity contribution in [3.8, 4) is 11.8 Å². The maximum Gasteiger partial charge on any atom is 0.416 e. The molecule has 1 saturated heterocycles. The lowest BCUT2D eigenvalue weighted by atomic mass is 10.0. The first-order chi connectivity index (χ1) is 13.3. The SMILES string of the molecule is CN=C(NCC#Cc1cccc(C(F)(F)F)c1)NC1CCN(CC(C)C)CC1.I. The van der Waals surface area contributed by atoms with Crippen LogP contribution in [0.5, 0.6) is 0 Å². The Bertz CT molecular complexity index is 715. The third-order valence-electron chi connectivity index (χ3n) is 4.54. The van der Waals surface area contributed by atoms with Crippen LogP contribution in [0.1, 0.15) is 37.8 Å². The monoisotopic (exact) mass is 522 g/mol. The van der Waals surface area contributed by atoms with Crippen molar-refractivity contribution < 1.29 is 13.2 Å². The lowest BCUT2D eigenvalue weighted by molar-refractivity contribution is -0.137. The lowest BCUT2D eigenvalue weighted by Gasteiger charge is -2.33. The Morgan fingerprint density at radius 3 is 2.55 bits per heavy atom.